The number of benzene rings is 2. The van der Waals surface area contributed by atoms with Gasteiger partial charge in [0.05, 0.1) is 10.6 Å². The van der Waals surface area contributed by atoms with E-state index in [4.69, 9.17) is 23.2 Å². The second-order valence-electron chi connectivity index (χ2n) is 5.10. The monoisotopic (exact) mass is 439 g/mol. The number of hydrogen-bond acceptors (Lipinski definition) is 4. The molecule has 0 atom stereocenters. The smallest absolute Gasteiger partial charge is 0.331 e. The molecule has 11 heteroatoms. The highest BCUT2D eigenvalue weighted by Crippen LogP contribution is 2.38. The van der Waals surface area contributed by atoms with E-state index < -0.39 is 28.0 Å². The molecule has 141 valence electrons. The lowest BCUT2D eigenvalue weighted by Gasteiger charge is -2.10. The molecule has 0 unspecified atom stereocenters. The summed E-state index contributed by atoms with van der Waals surface area (Å²) in [7, 11) is 0. The topological polar surface area (TPSA) is 38.9 Å². The van der Waals surface area contributed by atoms with Crippen LogP contribution in [0.2, 0.25) is 5.02 Å². The SMILES string of the molecule is FC(F)(F)c1ccc(Sc2[c]ccc(-c3noc(C(F)(F)Cl)n3)c2)cc1Cl. The van der Waals surface area contributed by atoms with Gasteiger partial charge < -0.3 is 4.52 Å². The van der Waals surface area contributed by atoms with Gasteiger partial charge in [0.25, 0.3) is 0 Å². The van der Waals surface area contributed by atoms with Crippen molar-refractivity contribution in [2.75, 3.05) is 0 Å². The van der Waals surface area contributed by atoms with Crippen molar-refractivity contribution < 1.29 is 26.5 Å². The molecule has 0 fully saturated rings. The molecule has 1 radical (unpaired) electrons. The lowest BCUT2D eigenvalue weighted by atomic mass is 10.2. The van der Waals surface area contributed by atoms with E-state index in [9.17, 15) is 22.0 Å². The summed E-state index contributed by atoms with van der Waals surface area (Å²) in [5, 5.41) is -0.791. The molecular formula is C16H6Cl2F5N2OS. The van der Waals surface area contributed by atoms with Crippen LogP contribution in [-0.4, -0.2) is 10.1 Å². The third-order valence-electron chi connectivity index (χ3n) is 3.18. The van der Waals surface area contributed by atoms with Crippen molar-refractivity contribution in [2.45, 2.75) is 21.3 Å². The first-order valence-electron chi connectivity index (χ1n) is 7.01. The molecule has 1 heterocycles. The average molecular weight is 440 g/mol. The third-order valence-corrected chi connectivity index (χ3v) is 4.60. The van der Waals surface area contributed by atoms with Crippen LogP contribution in [0.1, 0.15) is 11.5 Å². The van der Waals surface area contributed by atoms with Gasteiger partial charge in [-0.1, -0.05) is 40.7 Å². The van der Waals surface area contributed by atoms with Crippen LogP contribution in [0.4, 0.5) is 22.0 Å². The van der Waals surface area contributed by atoms with Crippen LogP contribution in [-0.2, 0) is 11.6 Å². The molecule has 1 aromatic heterocycles. The molecule has 0 saturated heterocycles. The maximum Gasteiger partial charge on any atom is 0.417 e. The van der Waals surface area contributed by atoms with Gasteiger partial charge in [-0.15, -0.1) is 0 Å². The minimum Gasteiger partial charge on any atom is -0.331 e. The molecular weight excluding hydrogens is 434 g/mol. The van der Waals surface area contributed by atoms with E-state index in [-0.39, 0.29) is 5.82 Å². The van der Waals surface area contributed by atoms with Crippen LogP contribution in [0.5, 0.6) is 0 Å². The Balaban J connectivity index is 1.84. The highest BCUT2D eigenvalue weighted by atomic mass is 35.5. The normalized spacial score (nSPS) is 12.4. The van der Waals surface area contributed by atoms with Crippen LogP contribution in [0.3, 0.4) is 0 Å². The van der Waals surface area contributed by atoms with E-state index in [1.165, 1.54) is 30.3 Å². The van der Waals surface area contributed by atoms with Gasteiger partial charge in [0.15, 0.2) is 0 Å². The lowest BCUT2D eigenvalue weighted by molar-refractivity contribution is -0.137. The Hall–Kier alpha value is -1.84. The molecule has 0 aliphatic rings. The van der Waals surface area contributed by atoms with Gasteiger partial charge in [0.2, 0.25) is 5.82 Å². The predicted molar refractivity (Wildman–Crippen MR) is 88.9 cm³/mol. The van der Waals surface area contributed by atoms with Crippen molar-refractivity contribution in [3.05, 3.63) is 58.9 Å². The van der Waals surface area contributed by atoms with Crippen LogP contribution in [0.15, 0.2) is 50.7 Å². The lowest BCUT2D eigenvalue weighted by Crippen LogP contribution is -2.05. The van der Waals surface area contributed by atoms with Crippen LogP contribution < -0.4 is 0 Å². The summed E-state index contributed by atoms with van der Waals surface area (Å²) in [6.45, 7) is 0. The van der Waals surface area contributed by atoms with Crippen molar-refractivity contribution >= 4 is 35.0 Å². The summed E-state index contributed by atoms with van der Waals surface area (Å²) >= 11 is 11.6. The van der Waals surface area contributed by atoms with Crippen LogP contribution in [0, 0.1) is 6.07 Å². The van der Waals surface area contributed by atoms with Gasteiger partial charge in [-0.25, -0.2) is 0 Å². The molecule has 3 aromatic rings. The maximum atomic E-state index is 13.0. The third kappa shape index (κ3) is 4.72. The number of nitrogens with zero attached hydrogens (tertiary/aromatic N) is 2. The fourth-order valence-corrected chi connectivity index (χ4v) is 3.32. The number of alkyl halides is 6. The molecule has 0 saturated carbocycles. The van der Waals surface area contributed by atoms with E-state index >= 15 is 0 Å². The number of hydrogen-bond donors (Lipinski definition) is 0. The van der Waals surface area contributed by atoms with Gasteiger partial charge in [0.1, 0.15) is 0 Å². The average Bonchev–Trinajstić information content (AvgIpc) is 3.04. The van der Waals surface area contributed by atoms with Crippen LogP contribution in [0.25, 0.3) is 11.4 Å². The Morgan fingerprint density at radius 1 is 1.07 bits per heavy atom. The van der Waals surface area contributed by atoms with Crippen molar-refractivity contribution in [2.24, 2.45) is 0 Å². The van der Waals surface area contributed by atoms with Gasteiger partial charge >= 0.3 is 17.4 Å². The van der Waals surface area contributed by atoms with Gasteiger partial charge in [-0.2, -0.15) is 26.9 Å². The van der Waals surface area contributed by atoms with Crippen molar-refractivity contribution in [1.29, 1.82) is 0 Å². The Morgan fingerprint density at radius 3 is 2.41 bits per heavy atom. The molecule has 0 amide bonds. The quantitative estimate of drug-likeness (QED) is 0.337. The number of rotatable bonds is 4. The van der Waals surface area contributed by atoms with Gasteiger partial charge in [-0.05, 0) is 41.9 Å². The first kappa shape index (κ1) is 19.9. The van der Waals surface area contributed by atoms with E-state index in [1.54, 1.807) is 0 Å². The van der Waals surface area contributed by atoms with Gasteiger partial charge in [0, 0.05) is 15.4 Å². The Labute approximate surface area is 163 Å². The summed E-state index contributed by atoms with van der Waals surface area (Å²) in [5.41, 5.74) is -0.599. The number of halogens is 7. The number of aromatic nitrogens is 2. The standard InChI is InChI=1S/C16H6Cl2F5N2OS/c17-12-7-10(4-5-11(12)16(21,22)23)27-9-3-1-2-8(6-9)13-24-14(26-25-13)15(18,19)20/h1-2,4-7H. The minimum absolute atomic E-state index is 0.119. The Morgan fingerprint density at radius 2 is 1.81 bits per heavy atom. The highest BCUT2D eigenvalue weighted by molar-refractivity contribution is 7.99. The summed E-state index contributed by atoms with van der Waals surface area (Å²) in [6, 6.07) is 10.7. The Bertz CT molecular complexity index is 972. The Kier molecular flexibility index (Phi) is 5.38. The molecule has 3 nitrogen and oxygen atoms in total. The molecule has 0 spiro atoms. The molecule has 2 aromatic carbocycles. The predicted octanol–water partition coefficient (Wildman–Crippen LogP) is 6.65. The molecule has 0 bridgehead atoms. The summed E-state index contributed by atoms with van der Waals surface area (Å²) < 4.78 is 68.6. The fourth-order valence-electron chi connectivity index (χ4n) is 2.01. The highest BCUT2D eigenvalue weighted by Gasteiger charge is 2.36. The first-order chi connectivity index (χ1) is 12.5. The zero-order valence-electron chi connectivity index (χ0n) is 12.8. The molecule has 0 aliphatic carbocycles. The van der Waals surface area contributed by atoms with E-state index in [0.717, 1.165) is 17.8 Å². The van der Waals surface area contributed by atoms with Crippen molar-refractivity contribution in [3.63, 3.8) is 0 Å². The van der Waals surface area contributed by atoms with Crippen molar-refractivity contribution in [3.8, 4) is 11.4 Å². The zero-order chi connectivity index (χ0) is 19.8. The first-order valence-corrected chi connectivity index (χ1v) is 8.59. The summed E-state index contributed by atoms with van der Waals surface area (Å²) in [4.78, 5) is 4.44. The summed E-state index contributed by atoms with van der Waals surface area (Å²) in [6.07, 6.45) is -4.55. The van der Waals surface area contributed by atoms with Crippen LogP contribution >= 0.6 is 35.0 Å². The van der Waals surface area contributed by atoms with E-state index in [1.807, 2.05) is 0 Å². The molecule has 27 heavy (non-hydrogen) atoms. The molecule has 0 N–H and O–H groups in total. The molecule has 0 aliphatic heterocycles. The maximum absolute atomic E-state index is 13.0. The minimum atomic E-state index is -4.55. The van der Waals surface area contributed by atoms with Crippen molar-refractivity contribution in [1.82, 2.24) is 10.1 Å². The summed E-state index contributed by atoms with van der Waals surface area (Å²) in [5.74, 6) is -1.16. The van der Waals surface area contributed by atoms with E-state index in [2.05, 4.69) is 20.7 Å². The largest absolute Gasteiger partial charge is 0.417 e. The molecule has 3 rings (SSSR count). The second-order valence-corrected chi connectivity index (χ2v) is 7.10. The fraction of sp³-hybridized carbons (Fsp3) is 0.125. The zero-order valence-corrected chi connectivity index (χ0v) is 15.1. The van der Waals surface area contributed by atoms with E-state index in [0.29, 0.717) is 15.4 Å². The second kappa shape index (κ2) is 7.29. The van der Waals surface area contributed by atoms with Gasteiger partial charge in [-0.3, -0.25) is 0 Å².